The van der Waals surface area contributed by atoms with Crippen LogP contribution in [0.4, 0.5) is 4.39 Å². The van der Waals surface area contributed by atoms with Crippen LogP contribution in [0.25, 0.3) is 0 Å². The van der Waals surface area contributed by atoms with E-state index in [0.717, 1.165) is 6.54 Å². The smallest absolute Gasteiger partial charge is 0.194 e. The van der Waals surface area contributed by atoms with Gasteiger partial charge in [0.25, 0.3) is 0 Å². The van der Waals surface area contributed by atoms with Gasteiger partial charge in [0.1, 0.15) is 5.82 Å². The predicted molar refractivity (Wildman–Crippen MR) is 93.8 cm³/mol. The molecule has 2 aromatic rings. The van der Waals surface area contributed by atoms with E-state index in [-0.39, 0.29) is 12.4 Å². The lowest BCUT2D eigenvalue weighted by Crippen LogP contribution is -2.38. The van der Waals surface area contributed by atoms with E-state index < -0.39 is 0 Å². The molecule has 0 saturated carbocycles. The average molecular weight is 324 g/mol. The minimum absolute atomic E-state index is 0.183. The SMILES string of the molecule is CCNC(=NCc1cc(C#N)ccc1F)N(C)Cc1ccccc1. The van der Waals surface area contributed by atoms with Crippen LogP contribution in [0.1, 0.15) is 23.6 Å². The molecule has 0 radical (unpaired) electrons. The van der Waals surface area contributed by atoms with Crippen LogP contribution in [-0.4, -0.2) is 24.5 Å². The molecule has 0 amide bonds. The third kappa shape index (κ3) is 4.82. The van der Waals surface area contributed by atoms with E-state index in [4.69, 9.17) is 5.26 Å². The number of halogens is 1. The number of aliphatic imine (C=N–C) groups is 1. The number of hydrogen-bond donors (Lipinski definition) is 1. The van der Waals surface area contributed by atoms with Gasteiger partial charge in [0.05, 0.1) is 18.2 Å². The van der Waals surface area contributed by atoms with Crippen molar-refractivity contribution in [3.63, 3.8) is 0 Å². The van der Waals surface area contributed by atoms with Crippen molar-refractivity contribution in [1.82, 2.24) is 10.2 Å². The van der Waals surface area contributed by atoms with Gasteiger partial charge in [-0.2, -0.15) is 5.26 Å². The van der Waals surface area contributed by atoms with Crippen LogP contribution < -0.4 is 5.32 Å². The summed E-state index contributed by atoms with van der Waals surface area (Å²) in [5.41, 5.74) is 2.02. The molecular weight excluding hydrogens is 303 g/mol. The summed E-state index contributed by atoms with van der Waals surface area (Å²) in [6.07, 6.45) is 0. The van der Waals surface area contributed by atoms with Crippen molar-refractivity contribution in [3.8, 4) is 6.07 Å². The molecule has 4 nitrogen and oxygen atoms in total. The summed E-state index contributed by atoms with van der Waals surface area (Å²) in [5.74, 6) is 0.349. The maximum Gasteiger partial charge on any atom is 0.194 e. The summed E-state index contributed by atoms with van der Waals surface area (Å²) in [5, 5.41) is 12.1. The summed E-state index contributed by atoms with van der Waals surface area (Å²) in [6.45, 7) is 3.59. The quantitative estimate of drug-likeness (QED) is 0.678. The Morgan fingerprint density at radius 3 is 2.67 bits per heavy atom. The van der Waals surface area contributed by atoms with E-state index in [1.165, 1.54) is 17.7 Å². The molecule has 0 unspecified atom stereocenters. The number of rotatable bonds is 5. The van der Waals surface area contributed by atoms with Gasteiger partial charge in [-0.05, 0) is 30.7 Å². The number of benzene rings is 2. The topological polar surface area (TPSA) is 51.4 Å². The molecule has 0 aliphatic heterocycles. The standard InChI is InChI=1S/C19H21FN4/c1-3-22-19(24(2)14-15-7-5-4-6-8-15)23-13-17-11-16(12-21)9-10-18(17)20/h4-11H,3,13-14H2,1-2H3,(H,22,23). The van der Waals surface area contributed by atoms with Crippen molar-refractivity contribution < 1.29 is 4.39 Å². The molecule has 1 N–H and O–H groups in total. The lowest BCUT2D eigenvalue weighted by Gasteiger charge is -2.22. The molecule has 2 rings (SSSR count). The molecule has 0 bridgehead atoms. The van der Waals surface area contributed by atoms with Crippen LogP contribution in [0.15, 0.2) is 53.5 Å². The Bertz CT molecular complexity index is 735. The summed E-state index contributed by atoms with van der Waals surface area (Å²) in [6, 6.07) is 16.4. The highest BCUT2D eigenvalue weighted by atomic mass is 19.1. The van der Waals surface area contributed by atoms with Gasteiger partial charge in [-0.25, -0.2) is 9.38 Å². The zero-order chi connectivity index (χ0) is 17.4. The van der Waals surface area contributed by atoms with Gasteiger partial charge in [-0.3, -0.25) is 0 Å². The lowest BCUT2D eigenvalue weighted by atomic mass is 10.1. The molecule has 0 spiro atoms. The van der Waals surface area contributed by atoms with Crippen LogP contribution in [0.2, 0.25) is 0 Å². The largest absolute Gasteiger partial charge is 0.357 e. The lowest BCUT2D eigenvalue weighted by molar-refractivity contribution is 0.476. The van der Waals surface area contributed by atoms with Gasteiger partial charge >= 0.3 is 0 Å². The third-order valence-electron chi connectivity index (χ3n) is 3.53. The second-order valence-electron chi connectivity index (χ2n) is 5.43. The van der Waals surface area contributed by atoms with E-state index in [0.29, 0.717) is 23.6 Å². The molecule has 5 heteroatoms. The van der Waals surface area contributed by atoms with Crippen LogP contribution >= 0.6 is 0 Å². The van der Waals surface area contributed by atoms with Crippen LogP contribution in [0.3, 0.4) is 0 Å². The van der Waals surface area contributed by atoms with Crippen molar-refractivity contribution in [2.75, 3.05) is 13.6 Å². The molecule has 0 aliphatic rings. The number of nitrogens with one attached hydrogen (secondary N) is 1. The van der Waals surface area contributed by atoms with E-state index in [2.05, 4.69) is 22.4 Å². The fraction of sp³-hybridized carbons (Fsp3) is 0.263. The molecule has 0 saturated heterocycles. The molecule has 0 heterocycles. The Hall–Kier alpha value is -2.87. The van der Waals surface area contributed by atoms with E-state index in [9.17, 15) is 4.39 Å². The fourth-order valence-corrected chi connectivity index (χ4v) is 2.33. The normalized spacial score (nSPS) is 11.0. The van der Waals surface area contributed by atoms with E-state index in [1.807, 2.05) is 43.1 Å². The zero-order valence-electron chi connectivity index (χ0n) is 14.0. The molecular formula is C19H21FN4. The van der Waals surface area contributed by atoms with Crippen LogP contribution in [0.5, 0.6) is 0 Å². The average Bonchev–Trinajstić information content (AvgIpc) is 2.60. The van der Waals surface area contributed by atoms with Gasteiger partial charge in [0.15, 0.2) is 5.96 Å². The first kappa shape index (κ1) is 17.5. The molecule has 0 aromatic heterocycles. The first-order chi connectivity index (χ1) is 11.6. The minimum atomic E-state index is -0.348. The molecule has 0 atom stereocenters. The van der Waals surface area contributed by atoms with Crippen molar-refractivity contribution >= 4 is 5.96 Å². The molecule has 0 fully saturated rings. The van der Waals surface area contributed by atoms with Gasteiger partial charge in [0, 0.05) is 25.7 Å². The maximum absolute atomic E-state index is 13.9. The number of nitrogens with zero attached hydrogens (tertiary/aromatic N) is 3. The number of nitriles is 1. The molecule has 2 aromatic carbocycles. The van der Waals surface area contributed by atoms with Crippen molar-refractivity contribution in [1.29, 1.82) is 5.26 Å². The van der Waals surface area contributed by atoms with Crippen molar-refractivity contribution in [3.05, 3.63) is 71.0 Å². The number of hydrogen-bond acceptors (Lipinski definition) is 2. The highest BCUT2D eigenvalue weighted by Gasteiger charge is 2.08. The second-order valence-corrected chi connectivity index (χ2v) is 5.43. The first-order valence-electron chi connectivity index (χ1n) is 7.86. The van der Waals surface area contributed by atoms with E-state index in [1.54, 1.807) is 6.07 Å². The monoisotopic (exact) mass is 324 g/mol. The van der Waals surface area contributed by atoms with Gasteiger partial charge in [0.2, 0.25) is 0 Å². The molecule has 124 valence electrons. The van der Waals surface area contributed by atoms with Crippen molar-refractivity contribution in [2.24, 2.45) is 4.99 Å². The van der Waals surface area contributed by atoms with Gasteiger partial charge < -0.3 is 10.2 Å². The Kier molecular flexibility index (Phi) is 6.32. The van der Waals surface area contributed by atoms with Gasteiger partial charge in [-0.1, -0.05) is 30.3 Å². The fourth-order valence-electron chi connectivity index (χ4n) is 2.33. The third-order valence-corrected chi connectivity index (χ3v) is 3.53. The van der Waals surface area contributed by atoms with Crippen LogP contribution in [-0.2, 0) is 13.1 Å². The summed E-state index contributed by atoms with van der Waals surface area (Å²) in [7, 11) is 1.94. The Labute approximate surface area is 142 Å². The van der Waals surface area contributed by atoms with Gasteiger partial charge in [-0.15, -0.1) is 0 Å². The maximum atomic E-state index is 13.9. The van der Waals surface area contributed by atoms with Crippen LogP contribution in [0, 0.1) is 17.1 Å². The second kappa shape index (κ2) is 8.68. The highest BCUT2D eigenvalue weighted by Crippen LogP contribution is 2.12. The minimum Gasteiger partial charge on any atom is -0.357 e. The van der Waals surface area contributed by atoms with E-state index >= 15 is 0 Å². The Morgan fingerprint density at radius 1 is 1.25 bits per heavy atom. The summed E-state index contributed by atoms with van der Waals surface area (Å²) >= 11 is 0. The summed E-state index contributed by atoms with van der Waals surface area (Å²) < 4.78 is 13.9. The Morgan fingerprint density at radius 2 is 2.00 bits per heavy atom. The van der Waals surface area contributed by atoms with Crippen molar-refractivity contribution in [2.45, 2.75) is 20.0 Å². The summed E-state index contributed by atoms with van der Waals surface area (Å²) in [4.78, 5) is 6.49. The zero-order valence-corrected chi connectivity index (χ0v) is 14.0. The number of guanidine groups is 1. The predicted octanol–water partition coefficient (Wildman–Crippen LogP) is 3.29. The molecule has 24 heavy (non-hydrogen) atoms. The first-order valence-corrected chi connectivity index (χ1v) is 7.86. The highest BCUT2D eigenvalue weighted by molar-refractivity contribution is 5.79. The Balaban J connectivity index is 2.14. The molecule has 0 aliphatic carbocycles.